The van der Waals surface area contributed by atoms with E-state index in [-0.39, 0.29) is 6.04 Å². The zero-order valence-electron chi connectivity index (χ0n) is 9.64. The van der Waals surface area contributed by atoms with Crippen LogP contribution in [0.1, 0.15) is 25.8 Å². The van der Waals surface area contributed by atoms with E-state index in [1.54, 1.807) is 18.3 Å². The van der Waals surface area contributed by atoms with E-state index < -0.39 is 0 Å². The fourth-order valence-corrected chi connectivity index (χ4v) is 1.52. The van der Waals surface area contributed by atoms with Crippen molar-refractivity contribution < 1.29 is 4.42 Å². The van der Waals surface area contributed by atoms with Crippen molar-refractivity contribution in [1.29, 1.82) is 0 Å². The Morgan fingerprint density at radius 1 is 1.41 bits per heavy atom. The fourth-order valence-electron chi connectivity index (χ4n) is 1.41. The Morgan fingerprint density at radius 2 is 2.24 bits per heavy atom. The summed E-state index contributed by atoms with van der Waals surface area (Å²) < 4.78 is 5.53. The molecule has 0 radical (unpaired) electrons. The molecule has 2 aromatic heterocycles. The van der Waals surface area contributed by atoms with Crippen molar-refractivity contribution in [2.24, 2.45) is 0 Å². The molecule has 0 aliphatic carbocycles. The maximum atomic E-state index is 5.76. The van der Waals surface area contributed by atoms with Crippen molar-refractivity contribution in [3.05, 3.63) is 29.2 Å². The van der Waals surface area contributed by atoms with E-state index in [0.29, 0.717) is 22.5 Å². The maximum Gasteiger partial charge on any atom is 0.266 e. The van der Waals surface area contributed by atoms with E-state index in [1.165, 1.54) is 0 Å². The van der Waals surface area contributed by atoms with Crippen LogP contribution in [0.15, 0.2) is 22.7 Å². The number of pyridine rings is 1. The molecule has 0 aliphatic heterocycles. The SMILES string of the molecule is CCNC(C)c1nnc(-c2ccc(Cl)cn2)o1. The molecule has 0 amide bonds. The van der Waals surface area contributed by atoms with Crippen molar-refractivity contribution in [3.8, 4) is 11.6 Å². The van der Waals surface area contributed by atoms with Gasteiger partial charge < -0.3 is 9.73 Å². The van der Waals surface area contributed by atoms with Crippen LogP contribution in [0, 0.1) is 0 Å². The average molecular weight is 253 g/mol. The highest BCUT2D eigenvalue weighted by atomic mass is 35.5. The number of halogens is 1. The van der Waals surface area contributed by atoms with E-state index in [1.807, 2.05) is 13.8 Å². The Labute approximate surface area is 104 Å². The third-order valence-corrected chi connectivity index (χ3v) is 2.49. The van der Waals surface area contributed by atoms with Gasteiger partial charge in [0.25, 0.3) is 5.89 Å². The molecule has 0 aromatic carbocycles. The first-order chi connectivity index (χ1) is 8.20. The lowest BCUT2D eigenvalue weighted by Crippen LogP contribution is -2.17. The molecule has 2 heterocycles. The van der Waals surface area contributed by atoms with Gasteiger partial charge in [-0.3, -0.25) is 0 Å². The molecule has 0 saturated carbocycles. The molecule has 1 atom stereocenters. The monoisotopic (exact) mass is 252 g/mol. The zero-order chi connectivity index (χ0) is 12.3. The summed E-state index contributed by atoms with van der Waals surface area (Å²) >= 11 is 5.76. The molecule has 0 spiro atoms. The number of aromatic nitrogens is 3. The van der Waals surface area contributed by atoms with Crippen molar-refractivity contribution in [1.82, 2.24) is 20.5 Å². The summed E-state index contributed by atoms with van der Waals surface area (Å²) in [6.45, 7) is 4.84. The van der Waals surface area contributed by atoms with Gasteiger partial charge in [-0.05, 0) is 25.6 Å². The van der Waals surface area contributed by atoms with Crippen LogP contribution in [0.25, 0.3) is 11.6 Å². The summed E-state index contributed by atoms with van der Waals surface area (Å²) in [5, 5.41) is 11.7. The van der Waals surface area contributed by atoms with Gasteiger partial charge in [0, 0.05) is 6.20 Å². The molecule has 1 N–H and O–H groups in total. The minimum absolute atomic E-state index is 0.0357. The second-order valence-corrected chi connectivity index (χ2v) is 4.02. The maximum absolute atomic E-state index is 5.76. The molecule has 2 rings (SSSR count). The Morgan fingerprint density at radius 3 is 2.88 bits per heavy atom. The van der Waals surface area contributed by atoms with Crippen LogP contribution in [0.2, 0.25) is 5.02 Å². The number of nitrogens with one attached hydrogen (secondary N) is 1. The zero-order valence-corrected chi connectivity index (χ0v) is 10.4. The third-order valence-electron chi connectivity index (χ3n) is 2.27. The Hall–Kier alpha value is -1.46. The van der Waals surface area contributed by atoms with Crippen molar-refractivity contribution in [2.45, 2.75) is 19.9 Å². The third kappa shape index (κ3) is 2.81. The minimum atomic E-state index is 0.0357. The first-order valence-electron chi connectivity index (χ1n) is 5.39. The molecule has 6 heteroatoms. The normalized spacial score (nSPS) is 12.6. The first kappa shape index (κ1) is 12.0. The lowest BCUT2D eigenvalue weighted by Gasteiger charge is -2.05. The average Bonchev–Trinajstić information content (AvgIpc) is 2.80. The van der Waals surface area contributed by atoms with Crippen LogP contribution >= 0.6 is 11.6 Å². The molecule has 5 nitrogen and oxygen atoms in total. The lowest BCUT2D eigenvalue weighted by atomic mass is 10.3. The summed E-state index contributed by atoms with van der Waals surface area (Å²) in [7, 11) is 0. The molecule has 0 bridgehead atoms. The van der Waals surface area contributed by atoms with Crippen LogP contribution in [0.4, 0.5) is 0 Å². The van der Waals surface area contributed by atoms with Gasteiger partial charge in [-0.1, -0.05) is 18.5 Å². The van der Waals surface area contributed by atoms with E-state index >= 15 is 0 Å². The molecule has 0 saturated heterocycles. The van der Waals surface area contributed by atoms with Crippen LogP contribution in [0.3, 0.4) is 0 Å². The molecule has 17 heavy (non-hydrogen) atoms. The number of hydrogen-bond donors (Lipinski definition) is 1. The van der Waals surface area contributed by atoms with Gasteiger partial charge in [0.1, 0.15) is 5.69 Å². The summed E-state index contributed by atoms with van der Waals surface area (Å²) in [6, 6.07) is 3.52. The fraction of sp³-hybridized carbons (Fsp3) is 0.364. The molecule has 0 aliphatic rings. The second-order valence-electron chi connectivity index (χ2n) is 3.59. The predicted octanol–water partition coefficient (Wildman–Crippen LogP) is 2.46. The minimum Gasteiger partial charge on any atom is -0.418 e. The van der Waals surface area contributed by atoms with Gasteiger partial charge >= 0.3 is 0 Å². The molecular formula is C11H13ClN4O. The van der Waals surface area contributed by atoms with Gasteiger partial charge in [0.2, 0.25) is 5.89 Å². The van der Waals surface area contributed by atoms with Crippen LogP contribution in [0.5, 0.6) is 0 Å². The van der Waals surface area contributed by atoms with Crippen LogP contribution < -0.4 is 5.32 Å². The van der Waals surface area contributed by atoms with E-state index in [4.69, 9.17) is 16.0 Å². The Bertz CT molecular complexity index is 482. The molecule has 90 valence electrons. The van der Waals surface area contributed by atoms with Gasteiger partial charge in [-0.25, -0.2) is 4.98 Å². The summed E-state index contributed by atoms with van der Waals surface area (Å²) in [5.74, 6) is 0.958. The summed E-state index contributed by atoms with van der Waals surface area (Å²) in [6.07, 6.45) is 1.55. The summed E-state index contributed by atoms with van der Waals surface area (Å²) in [5.41, 5.74) is 0.622. The standard InChI is InChI=1S/C11H13ClN4O/c1-3-13-7(2)10-15-16-11(17-10)9-5-4-8(12)6-14-9/h4-7,13H,3H2,1-2H3. The first-order valence-corrected chi connectivity index (χ1v) is 5.77. The number of rotatable bonds is 4. The Kier molecular flexibility index (Phi) is 3.71. The van der Waals surface area contributed by atoms with Gasteiger partial charge in [-0.2, -0.15) is 0 Å². The van der Waals surface area contributed by atoms with Gasteiger partial charge in [-0.15, -0.1) is 10.2 Å². The predicted molar refractivity (Wildman–Crippen MR) is 64.6 cm³/mol. The highest BCUT2D eigenvalue weighted by Crippen LogP contribution is 2.19. The van der Waals surface area contributed by atoms with Crippen molar-refractivity contribution >= 4 is 11.6 Å². The molecule has 1 unspecified atom stereocenters. The van der Waals surface area contributed by atoms with Crippen LogP contribution in [-0.4, -0.2) is 21.7 Å². The smallest absolute Gasteiger partial charge is 0.266 e. The van der Waals surface area contributed by atoms with E-state index in [0.717, 1.165) is 6.54 Å². The second kappa shape index (κ2) is 5.25. The molecule has 0 fully saturated rings. The van der Waals surface area contributed by atoms with Gasteiger partial charge in [0.05, 0.1) is 11.1 Å². The largest absolute Gasteiger partial charge is 0.418 e. The Balaban J connectivity index is 2.20. The van der Waals surface area contributed by atoms with Crippen LogP contribution in [-0.2, 0) is 0 Å². The number of nitrogens with zero attached hydrogens (tertiary/aromatic N) is 3. The topological polar surface area (TPSA) is 63.8 Å². The van der Waals surface area contributed by atoms with E-state index in [9.17, 15) is 0 Å². The van der Waals surface area contributed by atoms with Gasteiger partial charge in [0.15, 0.2) is 0 Å². The molecular weight excluding hydrogens is 240 g/mol. The van der Waals surface area contributed by atoms with E-state index in [2.05, 4.69) is 20.5 Å². The summed E-state index contributed by atoms with van der Waals surface area (Å²) in [4.78, 5) is 4.12. The van der Waals surface area contributed by atoms with Crippen molar-refractivity contribution in [3.63, 3.8) is 0 Å². The molecule has 2 aromatic rings. The highest BCUT2D eigenvalue weighted by Gasteiger charge is 2.14. The lowest BCUT2D eigenvalue weighted by molar-refractivity contribution is 0.428. The highest BCUT2D eigenvalue weighted by molar-refractivity contribution is 6.30. The quantitative estimate of drug-likeness (QED) is 0.906. The number of hydrogen-bond acceptors (Lipinski definition) is 5. The van der Waals surface area contributed by atoms with Crippen molar-refractivity contribution in [2.75, 3.05) is 6.54 Å².